The molecule has 238 valence electrons. The molecular formula is C45H27BN2O3. The molecule has 1 spiro atoms. The van der Waals surface area contributed by atoms with Gasteiger partial charge in [0.15, 0.2) is 5.58 Å². The lowest BCUT2D eigenvalue weighted by atomic mass is 9.82. The lowest BCUT2D eigenvalue weighted by molar-refractivity contribution is -0.539. The number of benzene rings is 8. The summed E-state index contributed by atoms with van der Waals surface area (Å²) >= 11 is 0. The number of hydrogen-bond donors (Lipinski definition) is 0. The molecule has 0 atom stereocenters. The number of aromatic nitrogens is 2. The van der Waals surface area contributed by atoms with Gasteiger partial charge in [-0.1, -0.05) is 121 Å². The number of rotatable bonds is 1. The highest BCUT2D eigenvalue weighted by Crippen LogP contribution is 2.51. The second-order valence-corrected chi connectivity index (χ2v) is 13.6. The maximum absolute atomic E-state index is 7.65. The van der Waals surface area contributed by atoms with E-state index >= 15 is 0 Å². The Kier molecular flexibility index (Phi) is 5.14. The van der Waals surface area contributed by atoms with E-state index in [9.17, 15) is 0 Å². The fourth-order valence-corrected chi connectivity index (χ4v) is 8.83. The van der Waals surface area contributed by atoms with Crippen molar-refractivity contribution in [2.24, 2.45) is 0 Å². The van der Waals surface area contributed by atoms with Crippen LogP contribution in [0.25, 0.3) is 88.2 Å². The minimum Gasteiger partial charge on any atom is -0.601 e. The Morgan fingerprint density at radius 2 is 1.14 bits per heavy atom. The first-order chi connectivity index (χ1) is 25.3. The molecule has 12 rings (SSSR count). The van der Waals surface area contributed by atoms with Crippen LogP contribution in [-0.2, 0) is 0 Å². The monoisotopic (exact) mass is 654 g/mol. The van der Waals surface area contributed by atoms with E-state index in [2.05, 4.69) is 155 Å². The Morgan fingerprint density at radius 3 is 1.88 bits per heavy atom. The van der Waals surface area contributed by atoms with Gasteiger partial charge in [0.25, 0.3) is 0 Å². The highest BCUT2D eigenvalue weighted by atomic mass is 16.6. The second kappa shape index (κ2) is 9.68. The molecule has 0 bridgehead atoms. The molecule has 0 fully saturated rings. The summed E-state index contributed by atoms with van der Waals surface area (Å²) in [6.07, 6.45) is 0. The van der Waals surface area contributed by atoms with Crippen molar-refractivity contribution in [1.29, 1.82) is 0 Å². The standard InChI is InChI=1S/C45H27BN2O3/c1-2-11-28(12-3-1)31-21-24-37-36(27-31)34-17-10-18-35-44(34)47(37)46(48-38-19-8-9-20-39(38)49-45(35)48)50-40-25-22-29-13-4-6-15-32(29)42(40)43-33-16-7-5-14-30(33)23-26-41(43)51-46/h1-27H. The summed E-state index contributed by atoms with van der Waals surface area (Å²) in [5.41, 5.74) is 9.04. The largest absolute Gasteiger partial charge is 0.783 e. The van der Waals surface area contributed by atoms with Gasteiger partial charge in [-0.05, 0) is 69.1 Å². The highest BCUT2D eigenvalue weighted by molar-refractivity contribution is 6.63. The summed E-state index contributed by atoms with van der Waals surface area (Å²) in [4.78, 5) is 0. The summed E-state index contributed by atoms with van der Waals surface area (Å²) in [6.45, 7) is -2.58. The van der Waals surface area contributed by atoms with E-state index < -0.39 is 6.82 Å². The summed E-state index contributed by atoms with van der Waals surface area (Å²) in [7, 11) is 0. The van der Waals surface area contributed by atoms with E-state index in [0.29, 0.717) is 5.89 Å². The molecule has 0 unspecified atom stereocenters. The van der Waals surface area contributed by atoms with Crippen LogP contribution in [-0.4, -0.2) is 11.3 Å². The normalized spacial score (nSPS) is 14.0. The Bertz CT molecular complexity index is 3020. The molecule has 2 aromatic heterocycles. The zero-order valence-electron chi connectivity index (χ0n) is 27.3. The molecule has 2 aliphatic rings. The molecule has 0 saturated heterocycles. The molecule has 0 amide bonds. The molecule has 0 N–H and O–H groups in total. The zero-order valence-corrected chi connectivity index (χ0v) is 27.3. The third-order valence-corrected chi connectivity index (χ3v) is 11.0. The van der Waals surface area contributed by atoms with Crippen LogP contribution in [0.2, 0.25) is 0 Å². The molecule has 0 saturated carbocycles. The molecule has 0 radical (unpaired) electrons. The lowest BCUT2D eigenvalue weighted by Gasteiger charge is -2.38. The van der Waals surface area contributed by atoms with Crippen molar-refractivity contribution >= 4 is 61.3 Å². The van der Waals surface area contributed by atoms with E-state index in [-0.39, 0.29) is 0 Å². The molecule has 4 heterocycles. The van der Waals surface area contributed by atoms with Crippen LogP contribution in [0.5, 0.6) is 11.5 Å². The van der Waals surface area contributed by atoms with Crippen molar-refractivity contribution in [3.63, 3.8) is 0 Å². The van der Waals surface area contributed by atoms with Gasteiger partial charge in [-0.2, -0.15) is 0 Å². The summed E-state index contributed by atoms with van der Waals surface area (Å²) in [5.74, 6) is 2.21. The van der Waals surface area contributed by atoms with Gasteiger partial charge in [-0.25, -0.2) is 0 Å². The summed E-state index contributed by atoms with van der Waals surface area (Å²) in [5, 5.41) is 6.73. The Balaban J connectivity index is 1.27. The maximum atomic E-state index is 7.65. The minimum absolute atomic E-state index is 0.701. The molecule has 5 nitrogen and oxygen atoms in total. The van der Waals surface area contributed by atoms with Crippen molar-refractivity contribution < 1.29 is 18.2 Å². The zero-order chi connectivity index (χ0) is 33.3. The van der Waals surface area contributed by atoms with Crippen molar-refractivity contribution in [1.82, 2.24) is 4.48 Å². The van der Waals surface area contributed by atoms with Crippen LogP contribution in [0, 0.1) is 0 Å². The first-order valence-corrected chi connectivity index (χ1v) is 17.4. The van der Waals surface area contributed by atoms with Crippen molar-refractivity contribution in [2.45, 2.75) is 0 Å². The van der Waals surface area contributed by atoms with Gasteiger partial charge in [0.05, 0.1) is 11.5 Å². The quantitative estimate of drug-likeness (QED) is 0.165. The third-order valence-electron chi connectivity index (χ3n) is 11.0. The first-order valence-electron chi connectivity index (χ1n) is 17.4. The van der Waals surface area contributed by atoms with Crippen molar-refractivity contribution in [2.75, 3.05) is 0 Å². The smallest absolute Gasteiger partial charge is 0.601 e. The topological polar surface area (TPSA) is 40.4 Å². The number of para-hydroxylation sites is 3. The van der Waals surface area contributed by atoms with Crippen LogP contribution >= 0.6 is 0 Å². The predicted octanol–water partition coefficient (Wildman–Crippen LogP) is 10.8. The molecular weight excluding hydrogens is 627 g/mol. The van der Waals surface area contributed by atoms with Crippen molar-refractivity contribution in [3.05, 3.63) is 164 Å². The van der Waals surface area contributed by atoms with Crippen LogP contribution in [0.1, 0.15) is 0 Å². The van der Waals surface area contributed by atoms with E-state index in [1.807, 2.05) is 18.2 Å². The fraction of sp³-hybridized carbons (Fsp3) is 0. The summed E-state index contributed by atoms with van der Waals surface area (Å²) < 4.78 is 26.6. The summed E-state index contributed by atoms with van der Waals surface area (Å²) in [6, 6.07) is 57.5. The molecule has 8 aromatic carbocycles. The number of hydrogen-bond acceptors (Lipinski definition) is 3. The fourth-order valence-electron chi connectivity index (χ4n) is 8.83. The van der Waals surface area contributed by atoms with Gasteiger partial charge in [0.1, 0.15) is 5.56 Å². The number of nitrogens with zero attached hydrogens (tertiary/aromatic N) is 2. The SMILES string of the molecule is c1ccc(-c2ccc3c(c2)c2cccc4c2n3[B-]2(Oc3ccc5ccccc5c3-c3c(ccc5ccccc35)O2)[n+]2c-4oc3ccccc32)cc1. The highest BCUT2D eigenvalue weighted by Gasteiger charge is 2.60. The Morgan fingerprint density at radius 1 is 0.490 bits per heavy atom. The van der Waals surface area contributed by atoms with Gasteiger partial charge < -0.3 is 18.2 Å². The minimum atomic E-state index is -2.58. The van der Waals surface area contributed by atoms with Crippen LogP contribution in [0.3, 0.4) is 0 Å². The Labute approximate surface area is 292 Å². The van der Waals surface area contributed by atoms with Crippen LogP contribution in [0.4, 0.5) is 0 Å². The third kappa shape index (κ3) is 3.48. The van der Waals surface area contributed by atoms with Crippen LogP contribution < -0.4 is 13.8 Å². The predicted molar refractivity (Wildman–Crippen MR) is 205 cm³/mol. The molecule has 2 aliphatic heterocycles. The second-order valence-electron chi connectivity index (χ2n) is 13.6. The molecule has 6 heteroatoms. The van der Waals surface area contributed by atoms with Gasteiger partial charge >= 0.3 is 12.7 Å². The van der Waals surface area contributed by atoms with Crippen molar-refractivity contribution in [3.8, 4) is 45.2 Å². The first kappa shape index (κ1) is 27.1. The van der Waals surface area contributed by atoms with Gasteiger partial charge in [-0.15, -0.1) is 0 Å². The van der Waals surface area contributed by atoms with Gasteiger partial charge in [0.2, 0.25) is 5.52 Å². The maximum Gasteiger partial charge on any atom is 0.783 e. The number of oxazole rings is 1. The van der Waals surface area contributed by atoms with E-state index in [0.717, 1.165) is 88.2 Å². The average Bonchev–Trinajstić information content (AvgIpc) is 3.70. The molecule has 10 aromatic rings. The van der Waals surface area contributed by atoms with E-state index in [1.165, 1.54) is 5.56 Å². The van der Waals surface area contributed by atoms with Crippen LogP contribution in [0.15, 0.2) is 168 Å². The van der Waals surface area contributed by atoms with E-state index in [4.69, 9.17) is 13.7 Å². The number of fused-ring (bicyclic) bond motifs is 16. The molecule has 0 aliphatic carbocycles. The van der Waals surface area contributed by atoms with Gasteiger partial charge in [-0.3, -0.25) is 4.48 Å². The Hall–Kier alpha value is -6.79. The lowest BCUT2D eigenvalue weighted by Crippen LogP contribution is -2.78. The van der Waals surface area contributed by atoms with E-state index in [1.54, 1.807) is 0 Å². The molecule has 51 heavy (non-hydrogen) atoms. The average molecular weight is 655 g/mol. The van der Waals surface area contributed by atoms with Gasteiger partial charge in [0, 0.05) is 39.0 Å².